The van der Waals surface area contributed by atoms with E-state index in [0.717, 1.165) is 31.1 Å². The Morgan fingerprint density at radius 3 is 2.50 bits per heavy atom. The third-order valence-electron chi connectivity index (χ3n) is 4.38. The molecule has 0 aliphatic carbocycles. The number of hydrogen-bond donors (Lipinski definition) is 3. The zero-order chi connectivity index (χ0) is 20.1. The molecule has 2 amide bonds. The minimum absolute atomic E-state index is 0.0168. The molecule has 3 N–H and O–H groups in total. The lowest BCUT2D eigenvalue weighted by molar-refractivity contribution is -0.118. The summed E-state index contributed by atoms with van der Waals surface area (Å²) in [5, 5.41) is 16.1. The fraction of sp³-hybridized carbons (Fsp3) is 0.250. The zero-order valence-corrected chi connectivity index (χ0v) is 15.4. The SMILES string of the molecule is CC(=O)NN=Cc1cc(C(=O)Nc2ccc(N3CCCC3)cc2)cc(F)c1O. The minimum Gasteiger partial charge on any atom is -0.504 e. The average molecular weight is 384 g/mol. The molecule has 2 aromatic carbocycles. The standard InChI is InChI=1S/C20H21FN4O3/c1-13(26)24-22-12-15-10-14(11-18(21)19(15)27)20(28)23-16-4-6-17(7-5-16)25-8-2-3-9-25/h4-7,10-12,27H,2-3,8-9H2,1H3,(H,23,28)(H,24,26). The first-order valence-electron chi connectivity index (χ1n) is 8.92. The first-order chi connectivity index (χ1) is 13.4. The Morgan fingerprint density at radius 1 is 1.18 bits per heavy atom. The van der Waals surface area contributed by atoms with Crippen LogP contribution < -0.4 is 15.6 Å². The molecule has 2 aromatic rings. The van der Waals surface area contributed by atoms with Gasteiger partial charge in [0.2, 0.25) is 5.91 Å². The van der Waals surface area contributed by atoms with E-state index in [-0.39, 0.29) is 11.1 Å². The molecule has 0 unspecified atom stereocenters. The second-order valence-corrected chi connectivity index (χ2v) is 6.52. The van der Waals surface area contributed by atoms with Crippen molar-refractivity contribution in [2.24, 2.45) is 5.10 Å². The lowest BCUT2D eigenvalue weighted by Gasteiger charge is -2.17. The molecule has 3 rings (SSSR count). The van der Waals surface area contributed by atoms with Crippen molar-refractivity contribution in [2.75, 3.05) is 23.3 Å². The van der Waals surface area contributed by atoms with Crippen LogP contribution in [-0.4, -0.2) is 36.2 Å². The normalized spacial score (nSPS) is 13.7. The van der Waals surface area contributed by atoms with Gasteiger partial charge >= 0.3 is 0 Å². The summed E-state index contributed by atoms with van der Waals surface area (Å²) in [4.78, 5) is 25.6. The van der Waals surface area contributed by atoms with E-state index in [0.29, 0.717) is 5.69 Å². The topological polar surface area (TPSA) is 94.0 Å². The Bertz CT molecular complexity index is 906. The molecule has 1 fully saturated rings. The van der Waals surface area contributed by atoms with Crippen LogP contribution in [0.2, 0.25) is 0 Å². The van der Waals surface area contributed by atoms with Crippen molar-refractivity contribution in [2.45, 2.75) is 19.8 Å². The van der Waals surface area contributed by atoms with Gasteiger partial charge in [-0.2, -0.15) is 5.10 Å². The highest BCUT2D eigenvalue weighted by atomic mass is 19.1. The number of amides is 2. The van der Waals surface area contributed by atoms with Gasteiger partial charge < -0.3 is 15.3 Å². The molecule has 8 heteroatoms. The summed E-state index contributed by atoms with van der Waals surface area (Å²) in [5.41, 5.74) is 3.82. The number of carbonyl (C=O) groups is 2. The van der Waals surface area contributed by atoms with Gasteiger partial charge in [0, 0.05) is 42.5 Å². The lowest BCUT2D eigenvalue weighted by Crippen LogP contribution is -2.17. The van der Waals surface area contributed by atoms with E-state index in [4.69, 9.17) is 0 Å². The highest BCUT2D eigenvalue weighted by molar-refractivity contribution is 6.05. The van der Waals surface area contributed by atoms with E-state index in [1.807, 2.05) is 12.1 Å². The van der Waals surface area contributed by atoms with Gasteiger partial charge in [-0.15, -0.1) is 0 Å². The highest BCUT2D eigenvalue weighted by Crippen LogP contribution is 2.24. The molecule has 0 aromatic heterocycles. The third-order valence-corrected chi connectivity index (χ3v) is 4.38. The number of anilines is 2. The summed E-state index contributed by atoms with van der Waals surface area (Å²) in [6.45, 7) is 3.32. The van der Waals surface area contributed by atoms with Crippen LogP contribution in [-0.2, 0) is 4.79 Å². The minimum atomic E-state index is -0.957. The van der Waals surface area contributed by atoms with Gasteiger partial charge in [0.05, 0.1) is 6.21 Å². The van der Waals surface area contributed by atoms with Crippen LogP contribution in [0, 0.1) is 5.82 Å². The van der Waals surface area contributed by atoms with Crippen LogP contribution in [0.5, 0.6) is 5.75 Å². The highest BCUT2D eigenvalue weighted by Gasteiger charge is 2.15. The van der Waals surface area contributed by atoms with Crippen molar-refractivity contribution in [3.63, 3.8) is 0 Å². The molecule has 1 aliphatic heterocycles. The number of hydrazone groups is 1. The van der Waals surface area contributed by atoms with Crippen LogP contribution >= 0.6 is 0 Å². The Balaban J connectivity index is 1.73. The van der Waals surface area contributed by atoms with E-state index in [2.05, 4.69) is 20.7 Å². The first kappa shape index (κ1) is 19.3. The van der Waals surface area contributed by atoms with Gasteiger partial charge in [-0.05, 0) is 49.2 Å². The lowest BCUT2D eigenvalue weighted by atomic mass is 10.1. The van der Waals surface area contributed by atoms with E-state index in [1.165, 1.54) is 25.8 Å². The summed E-state index contributed by atoms with van der Waals surface area (Å²) in [6, 6.07) is 9.69. The predicted molar refractivity (Wildman–Crippen MR) is 105 cm³/mol. The van der Waals surface area contributed by atoms with Crippen LogP contribution in [0.1, 0.15) is 35.7 Å². The molecule has 0 spiro atoms. The molecule has 1 aliphatic rings. The molecule has 0 radical (unpaired) electrons. The maximum atomic E-state index is 14.0. The number of halogens is 1. The molecule has 28 heavy (non-hydrogen) atoms. The molecular formula is C20H21FN4O3. The second kappa shape index (κ2) is 8.51. The molecular weight excluding hydrogens is 363 g/mol. The number of phenolic OH excluding ortho intramolecular Hbond substituents is 1. The number of aromatic hydroxyl groups is 1. The molecule has 1 heterocycles. The summed E-state index contributed by atoms with van der Waals surface area (Å²) in [5.74, 6) is -2.55. The largest absolute Gasteiger partial charge is 0.504 e. The fourth-order valence-electron chi connectivity index (χ4n) is 2.98. The third kappa shape index (κ3) is 4.64. The number of hydrogen-bond acceptors (Lipinski definition) is 5. The zero-order valence-electron chi connectivity index (χ0n) is 15.4. The van der Waals surface area contributed by atoms with E-state index >= 15 is 0 Å². The summed E-state index contributed by atoms with van der Waals surface area (Å²) < 4.78 is 14.0. The van der Waals surface area contributed by atoms with Gasteiger partial charge in [-0.3, -0.25) is 9.59 Å². The van der Waals surface area contributed by atoms with Gasteiger partial charge in [-0.25, -0.2) is 9.82 Å². The number of carbonyl (C=O) groups excluding carboxylic acids is 2. The van der Waals surface area contributed by atoms with E-state index in [9.17, 15) is 19.1 Å². The van der Waals surface area contributed by atoms with Crippen LogP contribution in [0.15, 0.2) is 41.5 Å². The van der Waals surface area contributed by atoms with Gasteiger partial charge in [0.15, 0.2) is 11.6 Å². The van der Waals surface area contributed by atoms with Crippen molar-refractivity contribution in [1.29, 1.82) is 0 Å². The summed E-state index contributed by atoms with van der Waals surface area (Å²) in [7, 11) is 0. The summed E-state index contributed by atoms with van der Waals surface area (Å²) >= 11 is 0. The number of benzene rings is 2. The fourth-order valence-corrected chi connectivity index (χ4v) is 2.98. The quantitative estimate of drug-likeness (QED) is 0.546. The number of nitrogens with zero attached hydrogens (tertiary/aromatic N) is 2. The Kier molecular flexibility index (Phi) is 5.88. The van der Waals surface area contributed by atoms with Gasteiger partial charge in [0.25, 0.3) is 5.91 Å². The maximum Gasteiger partial charge on any atom is 0.255 e. The van der Waals surface area contributed by atoms with Crippen molar-refractivity contribution in [3.05, 3.63) is 53.3 Å². The summed E-state index contributed by atoms with van der Waals surface area (Å²) in [6.07, 6.45) is 3.43. The molecule has 0 saturated carbocycles. The Morgan fingerprint density at radius 2 is 1.86 bits per heavy atom. The number of nitrogens with one attached hydrogen (secondary N) is 2. The Labute approximate surface area is 161 Å². The van der Waals surface area contributed by atoms with Crippen molar-refractivity contribution < 1.29 is 19.1 Å². The van der Waals surface area contributed by atoms with Gasteiger partial charge in [-0.1, -0.05) is 0 Å². The van der Waals surface area contributed by atoms with Crippen LogP contribution in [0.4, 0.5) is 15.8 Å². The predicted octanol–water partition coefficient (Wildman–Crippen LogP) is 2.85. The molecule has 1 saturated heterocycles. The number of phenols is 1. The monoisotopic (exact) mass is 384 g/mol. The molecule has 0 bridgehead atoms. The van der Waals surface area contributed by atoms with Crippen molar-refractivity contribution >= 4 is 29.4 Å². The molecule has 0 atom stereocenters. The van der Waals surface area contributed by atoms with Crippen LogP contribution in [0.3, 0.4) is 0 Å². The van der Waals surface area contributed by atoms with Crippen molar-refractivity contribution in [3.8, 4) is 5.75 Å². The number of rotatable bonds is 5. The first-order valence-corrected chi connectivity index (χ1v) is 8.92. The van der Waals surface area contributed by atoms with E-state index in [1.54, 1.807) is 12.1 Å². The second-order valence-electron chi connectivity index (χ2n) is 6.52. The average Bonchev–Trinajstić information content (AvgIpc) is 3.20. The van der Waals surface area contributed by atoms with Crippen LogP contribution in [0.25, 0.3) is 0 Å². The van der Waals surface area contributed by atoms with Crippen molar-refractivity contribution in [1.82, 2.24) is 5.43 Å². The Hall–Kier alpha value is -3.42. The van der Waals surface area contributed by atoms with E-state index < -0.39 is 23.4 Å². The smallest absolute Gasteiger partial charge is 0.255 e. The molecule has 146 valence electrons. The van der Waals surface area contributed by atoms with Gasteiger partial charge in [0.1, 0.15) is 0 Å². The maximum absolute atomic E-state index is 14.0. The molecule has 7 nitrogen and oxygen atoms in total.